The number of benzene rings is 1. The number of ether oxygens (including phenoxy) is 1. The number of fused-ring (bicyclic) bond motifs is 1. The number of rotatable bonds is 6. The van der Waals surface area contributed by atoms with E-state index >= 15 is 0 Å². The summed E-state index contributed by atoms with van der Waals surface area (Å²) in [5.41, 5.74) is 3.32. The number of para-hydroxylation sites is 1. The molecule has 1 atom stereocenters. The van der Waals surface area contributed by atoms with Gasteiger partial charge < -0.3 is 15.0 Å². The summed E-state index contributed by atoms with van der Waals surface area (Å²) in [7, 11) is 0. The van der Waals surface area contributed by atoms with Crippen LogP contribution in [-0.2, 0) is 14.3 Å². The molecule has 0 radical (unpaired) electrons. The minimum Gasteiger partial charge on any atom is -0.457 e. The number of carbonyl (C=O) groups is 4. The van der Waals surface area contributed by atoms with Crippen LogP contribution in [-0.4, -0.2) is 35.0 Å². The topological polar surface area (TPSA) is 105 Å². The Morgan fingerprint density at radius 3 is 2.52 bits per heavy atom. The maximum atomic E-state index is 12.4. The van der Waals surface area contributed by atoms with Gasteiger partial charge in [-0.25, -0.2) is 0 Å². The van der Waals surface area contributed by atoms with Crippen molar-refractivity contribution in [2.24, 2.45) is 0 Å². The van der Waals surface area contributed by atoms with Crippen LogP contribution < -0.4 is 5.32 Å². The van der Waals surface area contributed by atoms with Gasteiger partial charge in [0.15, 0.2) is 12.4 Å². The van der Waals surface area contributed by atoms with E-state index in [4.69, 9.17) is 4.74 Å². The van der Waals surface area contributed by atoms with Gasteiger partial charge in [-0.1, -0.05) is 18.2 Å². The fourth-order valence-corrected chi connectivity index (χ4v) is 3.48. The summed E-state index contributed by atoms with van der Waals surface area (Å²) >= 11 is 0. The summed E-state index contributed by atoms with van der Waals surface area (Å²) in [4.78, 5) is 51.1. The molecule has 140 valence electrons. The highest BCUT2D eigenvalue weighted by atomic mass is 16.5. The highest BCUT2D eigenvalue weighted by Gasteiger charge is 2.32. The van der Waals surface area contributed by atoms with Gasteiger partial charge in [0.25, 0.3) is 0 Å². The van der Waals surface area contributed by atoms with Crippen LogP contribution in [0.15, 0.2) is 24.3 Å². The number of hydrogen-bond donors (Lipinski definition) is 2. The number of aromatic amines is 1. The highest BCUT2D eigenvalue weighted by Crippen LogP contribution is 2.34. The second-order valence-corrected chi connectivity index (χ2v) is 6.60. The van der Waals surface area contributed by atoms with E-state index in [1.165, 1.54) is 6.92 Å². The zero-order valence-corrected chi connectivity index (χ0v) is 15.3. The molecular weight excluding hydrogens is 348 g/mol. The number of esters is 1. The number of ketones is 2. The van der Waals surface area contributed by atoms with Gasteiger partial charge in [0.05, 0.1) is 18.0 Å². The van der Waals surface area contributed by atoms with E-state index in [1.54, 1.807) is 38.1 Å². The minimum atomic E-state index is -0.632. The van der Waals surface area contributed by atoms with Gasteiger partial charge in [0, 0.05) is 16.9 Å². The van der Waals surface area contributed by atoms with Gasteiger partial charge in [-0.15, -0.1) is 0 Å². The van der Waals surface area contributed by atoms with E-state index in [1.807, 2.05) is 0 Å². The zero-order chi connectivity index (χ0) is 19.7. The highest BCUT2D eigenvalue weighted by molar-refractivity contribution is 6.05. The van der Waals surface area contributed by atoms with Crippen molar-refractivity contribution < 1.29 is 23.9 Å². The van der Waals surface area contributed by atoms with Crippen molar-refractivity contribution >= 4 is 29.1 Å². The van der Waals surface area contributed by atoms with Gasteiger partial charge in [-0.05, 0) is 38.0 Å². The third-order valence-corrected chi connectivity index (χ3v) is 4.71. The number of nitrogens with one attached hydrogen (secondary N) is 2. The lowest BCUT2D eigenvalue weighted by molar-refractivity contribution is -0.144. The van der Waals surface area contributed by atoms with Crippen LogP contribution in [0.3, 0.4) is 0 Å². The van der Waals surface area contributed by atoms with Crippen molar-refractivity contribution in [3.63, 3.8) is 0 Å². The number of aromatic nitrogens is 1. The van der Waals surface area contributed by atoms with E-state index in [9.17, 15) is 19.2 Å². The Kier molecular flexibility index (Phi) is 4.94. The summed E-state index contributed by atoms with van der Waals surface area (Å²) in [6.07, 6.45) is -0.141. The van der Waals surface area contributed by atoms with Crippen molar-refractivity contribution in [3.8, 4) is 0 Å². The number of hydrogen-bond acceptors (Lipinski definition) is 5. The Balaban J connectivity index is 1.63. The largest absolute Gasteiger partial charge is 0.457 e. The van der Waals surface area contributed by atoms with E-state index < -0.39 is 24.3 Å². The molecule has 2 aromatic rings. The minimum absolute atomic E-state index is 0.136. The fourth-order valence-electron chi connectivity index (χ4n) is 3.48. The lowest BCUT2D eigenvalue weighted by Crippen LogP contribution is -2.20. The standard InChI is InChI=1S/C20H20N2O5/c1-10-18(12(3)23)11(2)21-19(10)16(24)9-27-17(25)8-14-13-6-4-5-7-15(13)22-20(14)26/h4-7,14,21H,8-9H2,1-3H3,(H,22,26). The third kappa shape index (κ3) is 3.53. The molecule has 1 aromatic heterocycles. The molecule has 1 unspecified atom stereocenters. The second kappa shape index (κ2) is 7.19. The first kappa shape index (κ1) is 18.6. The maximum absolute atomic E-state index is 12.4. The Hall–Kier alpha value is -3.22. The van der Waals surface area contributed by atoms with Crippen molar-refractivity contribution in [2.45, 2.75) is 33.1 Å². The SMILES string of the molecule is CC(=O)c1c(C)[nH]c(C(=O)COC(=O)CC2C(=O)Nc3ccccc32)c1C. The predicted molar refractivity (Wildman–Crippen MR) is 98.0 cm³/mol. The smallest absolute Gasteiger partial charge is 0.307 e. The van der Waals surface area contributed by atoms with Gasteiger partial charge in [-0.3, -0.25) is 19.2 Å². The molecule has 1 amide bonds. The van der Waals surface area contributed by atoms with Crippen LogP contribution in [0.5, 0.6) is 0 Å². The Morgan fingerprint density at radius 2 is 1.85 bits per heavy atom. The van der Waals surface area contributed by atoms with E-state index in [2.05, 4.69) is 10.3 Å². The fraction of sp³-hybridized carbons (Fsp3) is 0.300. The van der Waals surface area contributed by atoms with Gasteiger partial charge in [0.2, 0.25) is 11.7 Å². The molecule has 0 aliphatic carbocycles. The number of aryl methyl sites for hydroxylation is 1. The van der Waals surface area contributed by atoms with Gasteiger partial charge in [0.1, 0.15) is 0 Å². The summed E-state index contributed by atoms with van der Waals surface area (Å²) in [5.74, 6) is -2.08. The number of carbonyl (C=O) groups excluding carboxylic acids is 4. The van der Waals surface area contributed by atoms with Crippen molar-refractivity contribution in [1.82, 2.24) is 4.98 Å². The average molecular weight is 368 g/mol. The van der Waals surface area contributed by atoms with Crippen LogP contribution in [0.25, 0.3) is 0 Å². The van der Waals surface area contributed by atoms with Crippen LogP contribution in [0, 0.1) is 13.8 Å². The molecule has 0 saturated carbocycles. The molecule has 1 aromatic carbocycles. The number of anilines is 1. The molecule has 2 N–H and O–H groups in total. The Labute approximate surface area is 156 Å². The normalized spacial score (nSPS) is 15.2. The van der Waals surface area contributed by atoms with E-state index in [0.717, 1.165) is 5.56 Å². The molecule has 3 rings (SSSR count). The number of amides is 1. The Morgan fingerprint density at radius 1 is 1.15 bits per heavy atom. The molecule has 0 fully saturated rings. The lowest BCUT2D eigenvalue weighted by Gasteiger charge is -2.09. The lowest BCUT2D eigenvalue weighted by atomic mass is 9.97. The molecule has 7 nitrogen and oxygen atoms in total. The second-order valence-electron chi connectivity index (χ2n) is 6.60. The third-order valence-electron chi connectivity index (χ3n) is 4.71. The quantitative estimate of drug-likeness (QED) is 0.602. The summed E-state index contributed by atoms with van der Waals surface area (Å²) in [5, 5.41) is 2.72. The first-order valence-electron chi connectivity index (χ1n) is 8.58. The molecule has 0 spiro atoms. The Bertz CT molecular complexity index is 957. The number of H-pyrrole nitrogens is 1. The van der Waals surface area contributed by atoms with E-state index in [0.29, 0.717) is 22.5 Å². The van der Waals surface area contributed by atoms with Gasteiger partial charge in [-0.2, -0.15) is 0 Å². The maximum Gasteiger partial charge on any atom is 0.307 e. The monoisotopic (exact) mass is 368 g/mol. The molecule has 27 heavy (non-hydrogen) atoms. The van der Waals surface area contributed by atoms with E-state index in [-0.39, 0.29) is 23.8 Å². The average Bonchev–Trinajstić information content (AvgIpc) is 3.09. The molecule has 1 aliphatic rings. The molecular formula is C20H20N2O5. The molecule has 0 saturated heterocycles. The van der Waals surface area contributed by atoms with Gasteiger partial charge >= 0.3 is 5.97 Å². The van der Waals surface area contributed by atoms with Crippen LogP contribution in [0.4, 0.5) is 5.69 Å². The van der Waals surface area contributed by atoms with Crippen LogP contribution in [0.2, 0.25) is 0 Å². The number of Topliss-reactive ketones (excluding diaryl/α,β-unsaturated/α-hetero) is 2. The molecule has 1 aliphatic heterocycles. The first-order chi connectivity index (χ1) is 12.8. The zero-order valence-electron chi connectivity index (χ0n) is 15.3. The van der Waals surface area contributed by atoms with Crippen LogP contribution in [0.1, 0.15) is 56.9 Å². The van der Waals surface area contributed by atoms with Crippen molar-refractivity contribution in [3.05, 3.63) is 52.3 Å². The summed E-state index contributed by atoms with van der Waals surface area (Å²) < 4.78 is 5.07. The van der Waals surface area contributed by atoms with Crippen molar-refractivity contribution in [1.29, 1.82) is 0 Å². The summed E-state index contributed by atoms with van der Waals surface area (Å²) in [6.45, 7) is 4.37. The summed E-state index contributed by atoms with van der Waals surface area (Å²) in [6, 6.07) is 7.15. The molecule has 2 heterocycles. The molecule has 7 heteroatoms. The molecule has 0 bridgehead atoms. The first-order valence-corrected chi connectivity index (χ1v) is 8.58. The van der Waals surface area contributed by atoms with Crippen molar-refractivity contribution in [2.75, 3.05) is 11.9 Å². The predicted octanol–water partition coefficient (Wildman–Crippen LogP) is 2.69. The van der Waals surface area contributed by atoms with Crippen LogP contribution >= 0.6 is 0 Å².